The predicted octanol–water partition coefficient (Wildman–Crippen LogP) is 2.92. The van der Waals surface area contributed by atoms with E-state index in [-0.39, 0.29) is 16.6 Å². The summed E-state index contributed by atoms with van der Waals surface area (Å²) in [6.07, 6.45) is 6.70. The number of carbonyl (C=O) groups is 2. The Labute approximate surface area is 97.1 Å². The van der Waals surface area contributed by atoms with Crippen molar-refractivity contribution in [2.24, 2.45) is 16.7 Å². The maximum Gasteiger partial charge on any atom is 0.166 e. The van der Waals surface area contributed by atoms with Gasteiger partial charge in [0.05, 0.1) is 5.57 Å². The van der Waals surface area contributed by atoms with Crippen LogP contribution in [-0.2, 0) is 9.59 Å². The molecule has 1 saturated carbocycles. The van der Waals surface area contributed by atoms with Crippen molar-refractivity contribution in [2.75, 3.05) is 0 Å². The molecule has 0 saturated heterocycles. The summed E-state index contributed by atoms with van der Waals surface area (Å²) in [5, 5.41) is 0. The smallest absolute Gasteiger partial charge is 0.166 e. The molecule has 88 valence electrons. The molecule has 2 rings (SSSR count). The van der Waals surface area contributed by atoms with E-state index in [9.17, 15) is 9.59 Å². The van der Waals surface area contributed by atoms with Crippen LogP contribution in [0.25, 0.3) is 0 Å². The van der Waals surface area contributed by atoms with E-state index in [1.54, 1.807) is 0 Å². The molecule has 2 unspecified atom stereocenters. The summed E-state index contributed by atoms with van der Waals surface area (Å²) in [6, 6.07) is 0. The van der Waals surface area contributed by atoms with Gasteiger partial charge in [-0.2, -0.15) is 0 Å². The number of rotatable bonds is 1. The van der Waals surface area contributed by atoms with Gasteiger partial charge in [0.15, 0.2) is 12.1 Å². The molecule has 0 aromatic rings. The monoisotopic (exact) mass is 220 g/mol. The summed E-state index contributed by atoms with van der Waals surface area (Å²) in [5.41, 5.74) is 0.663. The molecule has 0 bridgehead atoms. The van der Waals surface area contributed by atoms with Gasteiger partial charge in [-0.1, -0.05) is 33.3 Å². The van der Waals surface area contributed by atoms with Gasteiger partial charge in [-0.25, -0.2) is 0 Å². The first kappa shape index (κ1) is 11.6. The summed E-state index contributed by atoms with van der Waals surface area (Å²) < 4.78 is 0. The average molecular weight is 220 g/mol. The van der Waals surface area contributed by atoms with Gasteiger partial charge in [0.2, 0.25) is 0 Å². The second kappa shape index (κ2) is 3.54. The first-order valence-corrected chi connectivity index (χ1v) is 6.10. The van der Waals surface area contributed by atoms with Crippen LogP contribution < -0.4 is 0 Å². The number of hydrogen-bond acceptors (Lipinski definition) is 2. The largest absolute Gasteiger partial charge is 0.298 e. The number of Topliss-reactive ketones (excluding diaryl/α,β-unsaturated/α-hetero) is 1. The minimum Gasteiger partial charge on any atom is -0.298 e. The van der Waals surface area contributed by atoms with E-state index in [4.69, 9.17) is 0 Å². The van der Waals surface area contributed by atoms with Crippen LogP contribution >= 0.6 is 0 Å². The van der Waals surface area contributed by atoms with Crippen molar-refractivity contribution in [1.29, 1.82) is 0 Å². The predicted molar refractivity (Wildman–Crippen MR) is 63.0 cm³/mol. The number of carbonyl (C=O) groups excluding carboxylic acids is 2. The fourth-order valence-corrected chi connectivity index (χ4v) is 3.69. The Kier molecular flexibility index (Phi) is 2.56. The van der Waals surface area contributed by atoms with Crippen LogP contribution in [0.5, 0.6) is 0 Å². The Hall–Kier alpha value is -0.920. The Balaban J connectivity index is 2.43. The van der Waals surface area contributed by atoms with Crippen LogP contribution in [0.3, 0.4) is 0 Å². The van der Waals surface area contributed by atoms with Crippen LogP contribution in [0, 0.1) is 16.7 Å². The van der Waals surface area contributed by atoms with Crippen molar-refractivity contribution in [3.05, 3.63) is 11.6 Å². The van der Waals surface area contributed by atoms with Gasteiger partial charge >= 0.3 is 0 Å². The molecular weight excluding hydrogens is 200 g/mol. The molecule has 0 N–H and O–H groups in total. The van der Waals surface area contributed by atoms with Crippen molar-refractivity contribution < 1.29 is 9.59 Å². The summed E-state index contributed by atoms with van der Waals surface area (Å²) >= 11 is 0. The molecule has 2 atom stereocenters. The van der Waals surface area contributed by atoms with Crippen molar-refractivity contribution in [2.45, 2.75) is 46.5 Å². The Bertz CT molecular complexity index is 365. The van der Waals surface area contributed by atoms with E-state index in [0.29, 0.717) is 17.9 Å². The van der Waals surface area contributed by atoms with Crippen molar-refractivity contribution >= 4 is 12.1 Å². The highest BCUT2D eigenvalue weighted by Gasteiger charge is 2.48. The lowest BCUT2D eigenvalue weighted by Crippen LogP contribution is -2.45. The van der Waals surface area contributed by atoms with Crippen LogP contribution in [0.2, 0.25) is 0 Å². The zero-order valence-electron chi connectivity index (χ0n) is 10.4. The molecule has 0 aromatic heterocycles. The average Bonchev–Trinajstić information content (AvgIpc) is 2.19. The lowest BCUT2D eigenvalue weighted by Gasteiger charge is -2.51. The van der Waals surface area contributed by atoms with Gasteiger partial charge in [-0.05, 0) is 29.6 Å². The molecule has 2 aliphatic rings. The summed E-state index contributed by atoms with van der Waals surface area (Å²) in [7, 11) is 0. The third-order valence-corrected chi connectivity index (χ3v) is 4.60. The summed E-state index contributed by atoms with van der Waals surface area (Å²) in [5.74, 6) is 0.428. The summed E-state index contributed by atoms with van der Waals surface area (Å²) in [4.78, 5) is 22.7. The van der Waals surface area contributed by atoms with E-state index in [1.807, 2.05) is 6.08 Å². The van der Waals surface area contributed by atoms with Gasteiger partial charge in [0.1, 0.15) is 0 Å². The fraction of sp³-hybridized carbons (Fsp3) is 0.714. The van der Waals surface area contributed by atoms with E-state index < -0.39 is 0 Å². The second-order valence-electron chi connectivity index (χ2n) is 6.25. The molecule has 2 aliphatic carbocycles. The van der Waals surface area contributed by atoms with Crippen molar-refractivity contribution in [3.8, 4) is 0 Å². The minimum absolute atomic E-state index is 0.0347. The van der Waals surface area contributed by atoms with Crippen LogP contribution in [0.4, 0.5) is 0 Å². The Morgan fingerprint density at radius 3 is 2.62 bits per heavy atom. The van der Waals surface area contributed by atoms with E-state index >= 15 is 0 Å². The van der Waals surface area contributed by atoms with Crippen molar-refractivity contribution in [1.82, 2.24) is 0 Å². The molecule has 0 radical (unpaired) electrons. The molecule has 2 heteroatoms. The molecule has 2 nitrogen and oxygen atoms in total. The standard InChI is InChI=1S/C14H20O2/c1-13(2)5-4-6-14(3)8-10(9-15)11(16)7-12(13)14/h8-9,12H,4-7H2,1-3H3. The quantitative estimate of drug-likeness (QED) is 0.503. The molecule has 0 aliphatic heterocycles. The number of ketones is 1. The molecular formula is C14H20O2. The molecule has 16 heavy (non-hydrogen) atoms. The van der Waals surface area contributed by atoms with E-state index in [2.05, 4.69) is 20.8 Å². The maximum atomic E-state index is 11.8. The Morgan fingerprint density at radius 2 is 2.00 bits per heavy atom. The number of allylic oxidation sites excluding steroid dienone is 2. The van der Waals surface area contributed by atoms with Gasteiger partial charge in [-0.15, -0.1) is 0 Å². The zero-order valence-corrected chi connectivity index (χ0v) is 10.4. The lowest BCUT2D eigenvalue weighted by molar-refractivity contribution is -0.123. The van der Waals surface area contributed by atoms with Gasteiger partial charge in [-0.3, -0.25) is 9.59 Å². The first-order valence-electron chi connectivity index (χ1n) is 6.10. The van der Waals surface area contributed by atoms with Gasteiger partial charge in [0, 0.05) is 6.42 Å². The van der Waals surface area contributed by atoms with Crippen LogP contribution in [0.15, 0.2) is 11.6 Å². The topological polar surface area (TPSA) is 34.1 Å². The number of hydrogen-bond donors (Lipinski definition) is 0. The van der Waals surface area contributed by atoms with Crippen molar-refractivity contribution in [3.63, 3.8) is 0 Å². The van der Waals surface area contributed by atoms with Crippen LogP contribution in [0.1, 0.15) is 46.5 Å². The zero-order chi connectivity index (χ0) is 12.0. The highest BCUT2D eigenvalue weighted by atomic mass is 16.1. The molecule has 0 spiro atoms. The van der Waals surface area contributed by atoms with E-state index in [0.717, 1.165) is 12.7 Å². The Morgan fingerprint density at radius 1 is 1.31 bits per heavy atom. The number of aldehydes is 1. The summed E-state index contributed by atoms with van der Waals surface area (Å²) in [6.45, 7) is 6.71. The highest BCUT2D eigenvalue weighted by Crippen LogP contribution is 2.55. The fourth-order valence-electron chi connectivity index (χ4n) is 3.69. The first-order chi connectivity index (χ1) is 7.39. The third kappa shape index (κ3) is 1.64. The normalized spacial score (nSPS) is 37.6. The second-order valence-corrected chi connectivity index (χ2v) is 6.25. The molecule has 0 aromatic carbocycles. The van der Waals surface area contributed by atoms with Gasteiger partial charge in [0.25, 0.3) is 0 Å². The van der Waals surface area contributed by atoms with E-state index in [1.165, 1.54) is 12.8 Å². The molecule has 0 heterocycles. The third-order valence-electron chi connectivity index (χ3n) is 4.60. The maximum absolute atomic E-state index is 11.8. The van der Waals surface area contributed by atoms with Crippen LogP contribution in [-0.4, -0.2) is 12.1 Å². The molecule has 0 amide bonds. The SMILES string of the molecule is CC1(C)CCCC2(C)C=C(C=O)C(=O)CC12. The highest BCUT2D eigenvalue weighted by molar-refractivity contribution is 6.12. The van der Waals surface area contributed by atoms with Gasteiger partial charge < -0.3 is 0 Å². The minimum atomic E-state index is 0.0347. The number of fused-ring (bicyclic) bond motifs is 1. The lowest BCUT2D eigenvalue weighted by atomic mass is 9.53. The molecule has 1 fully saturated rings.